The van der Waals surface area contributed by atoms with Crippen molar-refractivity contribution in [2.75, 3.05) is 13.1 Å². The van der Waals surface area contributed by atoms with Gasteiger partial charge in [0, 0.05) is 55.7 Å². The van der Waals surface area contributed by atoms with E-state index >= 15 is 0 Å². The van der Waals surface area contributed by atoms with Crippen LogP contribution in [0.1, 0.15) is 58.7 Å². The molecule has 1 aromatic heterocycles. The van der Waals surface area contributed by atoms with E-state index < -0.39 is 0 Å². The third-order valence-corrected chi connectivity index (χ3v) is 6.45. The van der Waals surface area contributed by atoms with Gasteiger partial charge in [-0.15, -0.1) is 0 Å². The summed E-state index contributed by atoms with van der Waals surface area (Å²) in [5.74, 6) is 0.596. The predicted molar refractivity (Wildman–Crippen MR) is 126 cm³/mol. The average Bonchev–Trinajstić information content (AvgIpc) is 2.75. The molecule has 5 nitrogen and oxygen atoms in total. The Bertz CT molecular complexity index is 1130. The maximum atomic E-state index is 11.5. The van der Waals surface area contributed by atoms with Crippen LogP contribution in [0.25, 0.3) is 0 Å². The molecule has 1 aliphatic rings. The topological polar surface area (TPSA) is 65.8 Å². The number of carbonyl (C=O) groups excluding carboxylic acids is 1. The minimum absolute atomic E-state index is 0.0553. The van der Waals surface area contributed by atoms with E-state index in [0.29, 0.717) is 18.1 Å². The lowest BCUT2D eigenvalue weighted by molar-refractivity contribution is -0.133. The first-order valence-electron chi connectivity index (χ1n) is 11.0. The molecule has 32 heavy (non-hydrogen) atoms. The third kappa shape index (κ3) is 4.57. The zero-order valence-corrected chi connectivity index (χ0v) is 18.8. The largest absolute Gasteiger partial charge is 0.411 e. The molecular weight excluding hydrogens is 398 g/mol. The van der Waals surface area contributed by atoms with Crippen LogP contribution in [0, 0.1) is 13.8 Å². The highest BCUT2D eigenvalue weighted by Crippen LogP contribution is 2.34. The number of rotatable bonds is 6. The number of nitrogens with zero attached hydrogens (tertiary/aromatic N) is 3. The summed E-state index contributed by atoms with van der Waals surface area (Å²) < 4.78 is 0. The molecule has 4 rings (SSSR count). The standard InChI is InChI=1S/C27H29N3O2/c1-18-6-4-5-7-25(18)26(15-27(29-32)23-12-13-28-19(2)14-23)22-10-8-21(9-11-22)24-16-30(17-24)20(3)31/h4-14,24,26,32H,15-17H2,1-3H3/b29-27-. The van der Waals surface area contributed by atoms with E-state index in [-0.39, 0.29) is 11.8 Å². The van der Waals surface area contributed by atoms with Gasteiger partial charge in [0.1, 0.15) is 0 Å². The first-order valence-corrected chi connectivity index (χ1v) is 11.0. The number of amides is 1. The third-order valence-electron chi connectivity index (χ3n) is 6.45. The van der Waals surface area contributed by atoms with Crippen LogP contribution >= 0.6 is 0 Å². The molecule has 1 saturated heterocycles. The van der Waals surface area contributed by atoms with Crippen LogP contribution in [-0.2, 0) is 4.79 Å². The van der Waals surface area contributed by atoms with Crippen molar-refractivity contribution in [2.45, 2.75) is 39.0 Å². The molecule has 2 aromatic carbocycles. The summed E-state index contributed by atoms with van der Waals surface area (Å²) in [5.41, 5.74) is 7.28. The molecule has 1 amide bonds. The van der Waals surface area contributed by atoms with E-state index in [2.05, 4.69) is 59.5 Å². The normalized spacial score (nSPS) is 15.3. The molecule has 5 heteroatoms. The summed E-state index contributed by atoms with van der Waals surface area (Å²) in [6.07, 6.45) is 2.32. The Morgan fingerprint density at radius 3 is 2.47 bits per heavy atom. The van der Waals surface area contributed by atoms with E-state index in [1.807, 2.05) is 30.0 Å². The lowest BCUT2D eigenvalue weighted by Gasteiger charge is -2.39. The fourth-order valence-electron chi connectivity index (χ4n) is 4.47. The summed E-state index contributed by atoms with van der Waals surface area (Å²) in [5, 5.41) is 13.5. The van der Waals surface area contributed by atoms with Crippen molar-refractivity contribution < 1.29 is 10.0 Å². The monoisotopic (exact) mass is 427 g/mol. The summed E-state index contributed by atoms with van der Waals surface area (Å²) in [6.45, 7) is 7.26. The number of hydrogen-bond acceptors (Lipinski definition) is 4. The molecule has 1 fully saturated rings. The van der Waals surface area contributed by atoms with Crippen molar-refractivity contribution in [2.24, 2.45) is 5.16 Å². The number of likely N-dealkylation sites (tertiary alicyclic amines) is 1. The van der Waals surface area contributed by atoms with Gasteiger partial charge in [-0.3, -0.25) is 9.78 Å². The first kappa shape index (κ1) is 21.8. The number of carbonyl (C=O) groups is 1. The van der Waals surface area contributed by atoms with Gasteiger partial charge in [-0.25, -0.2) is 0 Å². The van der Waals surface area contributed by atoms with Crippen molar-refractivity contribution in [3.8, 4) is 0 Å². The fourth-order valence-corrected chi connectivity index (χ4v) is 4.47. The highest BCUT2D eigenvalue weighted by molar-refractivity contribution is 6.01. The highest BCUT2D eigenvalue weighted by atomic mass is 16.4. The summed E-state index contributed by atoms with van der Waals surface area (Å²) in [7, 11) is 0. The van der Waals surface area contributed by atoms with Gasteiger partial charge < -0.3 is 10.1 Å². The van der Waals surface area contributed by atoms with E-state index in [0.717, 1.165) is 24.3 Å². The van der Waals surface area contributed by atoms with Crippen molar-refractivity contribution in [1.29, 1.82) is 0 Å². The van der Waals surface area contributed by atoms with E-state index in [4.69, 9.17) is 0 Å². The second-order valence-electron chi connectivity index (χ2n) is 8.63. The molecule has 1 aliphatic heterocycles. The number of aryl methyl sites for hydroxylation is 2. The van der Waals surface area contributed by atoms with Crippen LogP contribution < -0.4 is 0 Å². The number of pyridine rings is 1. The number of benzene rings is 2. The molecule has 3 aromatic rings. The average molecular weight is 428 g/mol. The van der Waals surface area contributed by atoms with Crippen LogP contribution in [0.15, 0.2) is 72.0 Å². The molecule has 1 N–H and O–H groups in total. The van der Waals surface area contributed by atoms with Gasteiger partial charge >= 0.3 is 0 Å². The zero-order chi connectivity index (χ0) is 22.7. The Balaban J connectivity index is 1.63. The Kier molecular flexibility index (Phi) is 6.35. The minimum Gasteiger partial charge on any atom is -0.411 e. The Hall–Kier alpha value is -3.47. The summed E-state index contributed by atoms with van der Waals surface area (Å²) in [6, 6.07) is 20.9. The molecule has 1 atom stereocenters. The molecule has 0 saturated carbocycles. The minimum atomic E-state index is 0.0553. The molecule has 0 spiro atoms. The van der Waals surface area contributed by atoms with Gasteiger partial charge in [0.05, 0.1) is 5.71 Å². The van der Waals surface area contributed by atoms with Crippen molar-refractivity contribution in [1.82, 2.24) is 9.88 Å². The zero-order valence-electron chi connectivity index (χ0n) is 18.8. The van der Waals surface area contributed by atoms with Gasteiger partial charge in [0.2, 0.25) is 5.91 Å². The van der Waals surface area contributed by atoms with Gasteiger partial charge in [0.15, 0.2) is 0 Å². The Morgan fingerprint density at radius 2 is 1.84 bits per heavy atom. The van der Waals surface area contributed by atoms with E-state index in [1.165, 1.54) is 22.3 Å². The van der Waals surface area contributed by atoms with E-state index in [9.17, 15) is 10.0 Å². The van der Waals surface area contributed by atoms with Crippen LogP contribution in [-0.4, -0.2) is 39.8 Å². The summed E-state index contributed by atoms with van der Waals surface area (Å²) in [4.78, 5) is 17.6. The van der Waals surface area contributed by atoms with Crippen LogP contribution in [0.4, 0.5) is 0 Å². The lowest BCUT2D eigenvalue weighted by Crippen LogP contribution is -2.47. The van der Waals surface area contributed by atoms with Gasteiger partial charge in [-0.05, 0) is 48.2 Å². The SMILES string of the molecule is CC(=O)N1CC(c2ccc(C(C/C(=N/O)c3ccnc(C)c3)c3ccccc3C)cc2)C1. The molecule has 0 radical (unpaired) electrons. The maximum Gasteiger partial charge on any atom is 0.219 e. The maximum absolute atomic E-state index is 11.5. The van der Waals surface area contributed by atoms with E-state index in [1.54, 1.807) is 13.1 Å². The van der Waals surface area contributed by atoms with Crippen LogP contribution in [0.5, 0.6) is 0 Å². The highest BCUT2D eigenvalue weighted by Gasteiger charge is 2.30. The number of oxime groups is 1. The molecule has 2 heterocycles. The lowest BCUT2D eigenvalue weighted by atomic mass is 9.82. The number of aromatic nitrogens is 1. The predicted octanol–water partition coefficient (Wildman–Crippen LogP) is 5.04. The molecule has 0 bridgehead atoms. The van der Waals surface area contributed by atoms with Gasteiger partial charge in [0.25, 0.3) is 0 Å². The number of hydrogen-bond donors (Lipinski definition) is 1. The Morgan fingerprint density at radius 1 is 1.12 bits per heavy atom. The fraction of sp³-hybridized carbons (Fsp3) is 0.296. The van der Waals surface area contributed by atoms with Crippen LogP contribution in [0.2, 0.25) is 0 Å². The molecule has 1 unspecified atom stereocenters. The van der Waals surface area contributed by atoms with Gasteiger partial charge in [-0.2, -0.15) is 0 Å². The molecule has 164 valence electrons. The summed E-state index contributed by atoms with van der Waals surface area (Å²) >= 11 is 0. The smallest absolute Gasteiger partial charge is 0.219 e. The van der Waals surface area contributed by atoms with Crippen LogP contribution in [0.3, 0.4) is 0 Å². The van der Waals surface area contributed by atoms with Crippen molar-refractivity contribution >= 4 is 11.6 Å². The first-order chi connectivity index (χ1) is 15.5. The molecular formula is C27H29N3O2. The quantitative estimate of drug-likeness (QED) is 0.340. The second-order valence-corrected chi connectivity index (χ2v) is 8.63. The second kappa shape index (κ2) is 9.35. The van der Waals surface area contributed by atoms with Crippen molar-refractivity contribution in [3.63, 3.8) is 0 Å². The molecule has 0 aliphatic carbocycles. The Labute approximate surface area is 189 Å². The van der Waals surface area contributed by atoms with Crippen molar-refractivity contribution in [3.05, 3.63) is 100 Å². The van der Waals surface area contributed by atoms with Gasteiger partial charge in [-0.1, -0.05) is 53.7 Å².